The molecule has 0 fully saturated rings. The highest BCUT2D eigenvalue weighted by molar-refractivity contribution is 7.55. The van der Waals surface area contributed by atoms with Gasteiger partial charge in [-0.25, -0.2) is 0 Å². The maximum Gasteiger partial charge on any atom is 0.130 e. The molecular weight excluding hydrogens is 347 g/mol. The normalized spacial score (nSPS) is 11.0. The number of ether oxygens (including phenoxy) is 1. The van der Waals surface area contributed by atoms with Crippen LogP contribution in [-0.4, -0.2) is 0 Å². The smallest absolute Gasteiger partial charge is 0.130 e. The summed E-state index contributed by atoms with van der Waals surface area (Å²) in [5.41, 5.74) is 3.63. The Morgan fingerprint density at radius 3 is 2.07 bits per heavy atom. The van der Waals surface area contributed by atoms with Crippen molar-refractivity contribution >= 4 is 19.2 Å². The summed E-state index contributed by atoms with van der Waals surface area (Å²) in [5.74, 6) is 1.76. The first-order valence-electron chi connectivity index (χ1n) is 9.04. The van der Waals surface area contributed by atoms with Gasteiger partial charge in [-0.05, 0) is 52.4 Å². The predicted octanol–water partition coefficient (Wildman–Crippen LogP) is 6.08. The van der Waals surface area contributed by atoms with Crippen LogP contribution in [0.25, 0.3) is 11.1 Å². The molecule has 1 atom stereocenters. The van der Waals surface area contributed by atoms with Gasteiger partial charge in [0.2, 0.25) is 0 Å². The zero-order valence-corrected chi connectivity index (χ0v) is 16.2. The van der Waals surface area contributed by atoms with E-state index in [0.29, 0.717) is 8.58 Å². The van der Waals surface area contributed by atoms with Gasteiger partial charge < -0.3 is 4.74 Å². The molecule has 0 aromatic heterocycles. The minimum Gasteiger partial charge on any atom is -0.457 e. The molecule has 0 radical (unpaired) electrons. The molecule has 0 aliphatic heterocycles. The summed E-state index contributed by atoms with van der Waals surface area (Å²) in [5, 5.41) is 2.71. The van der Waals surface area contributed by atoms with Crippen LogP contribution in [-0.2, 0) is 0 Å². The fourth-order valence-corrected chi connectivity index (χ4v) is 4.23. The standard InChI is InChI=1S/C25H21OP/c1-19-9-5-7-13-24(19)26-21-17-15-20(16-18-21)23-12-6-8-14-25(23)27-22-10-3-2-4-11-22/h2-18,27H,1H3. The first-order valence-corrected chi connectivity index (χ1v) is 10.0. The van der Waals surface area contributed by atoms with Crippen LogP contribution in [0.2, 0.25) is 0 Å². The second-order valence-corrected chi connectivity index (χ2v) is 7.79. The zero-order chi connectivity index (χ0) is 18.5. The van der Waals surface area contributed by atoms with Crippen molar-refractivity contribution in [3.8, 4) is 22.6 Å². The Hall–Kier alpha value is -2.89. The summed E-state index contributed by atoms with van der Waals surface area (Å²) in [7, 11) is 0.643. The van der Waals surface area contributed by atoms with Crippen molar-refractivity contribution in [1.29, 1.82) is 0 Å². The molecule has 0 N–H and O–H groups in total. The van der Waals surface area contributed by atoms with Gasteiger partial charge in [-0.15, -0.1) is 0 Å². The summed E-state index contributed by atoms with van der Waals surface area (Å²) < 4.78 is 6.03. The van der Waals surface area contributed by atoms with Gasteiger partial charge in [-0.3, -0.25) is 0 Å². The summed E-state index contributed by atoms with van der Waals surface area (Å²) in [4.78, 5) is 0. The number of rotatable bonds is 5. The van der Waals surface area contributed by atoms with E-state index in [-0.39, 0.29) is 0 Å². The molecule has 4 aromatic rings. The molecule has 0 amide bonds. The number of benzene rings is 4. The molecule has 4 rings (SSSR count). The van der Waals surface area contributed by atoms with Crippen LogP contribution >= 0.6 is 8.58 Å². The average Bonchev–Trinajstić information content (AvgIpc) is 2.72. The van der Waals surface area contributed by atoms with Gasteiger partial charge >= 0.3 is 0 Å². The quantitative estimate of drug-likeness (QED) is 0.388. The van der Waals surface area contributed by atoms with Gasteiger partial charge in [0.15, 0.2) is 0 Å². The van der Waals surface area contributed by atoms with Crippen LogP contribution in [0.4, 0.5) is 0 Å². The highest BCUT2D eigenvalue weighted by Crippen LogP contribution is 2.28. The van der Waals surface area contributed by atoms with Crippen LogP contribution in [0.3, 0.4) is 0 Å². The van der Waals surface area contributed by atoms with Crippen molar-refractivity contribution < 1.29 is 4.74 Å². The maximum atomic E-state index is 6.03. The lowest BCUT2D eigenvalue weighted by Crippen LogP contribution is -2.05. The van der Waals surface area contributed by atoms with Crippen molar-refractivity contribution in [2.45, 2.75) is 6.92 Å². The molecule has 27 heavy (non-hydrogen) atoms. The first-order chi connectivity index (χ1) is 13.3. The Morgan fingerprint density at radius 1 is 0.630 bits per heavy atom. The van der Waals surface area contributed by atoms with Gasteiger partial charge in [-0.2, -0.15) is 0 Å². The molecule has 1 unspecified atom stereocenters. The van der Waals surface area contributed by atoms with Gasteiger partial charge in [0.1, 0.15) is 11.5 Å². The molecule has 0 bridgehead atoms. The Labute approximate surface area is 162 Å². The molecule has 132 valence electrons. The highest BCUT2D eigenvalue weighted by atomic mass is 31.1. The summed E-state index contributed by atoms with van der Waals surface area (Å²) >= 11 is 0. The van der Waals surface area contributed by atoms with Crippen LogP contribution in [0.15, 0.2) is 103 Å². The van der Waals surface area contributed by atoms with Gasteiger partial charge in [0.05, 0.1) is 0 Å². The lowest BCUT2D eigenvalue weighted by atomic mass is 10.1. The number of aryl methyl sites for hydroxylation is 1. The van der Waals surface area contributed by atoms with Crippen LogP contribution < -0.4 is 15.3 Å². The number of hydrogen-bond acceptors (Lipinski definition) is 1. The summed E-state index contributed by atoms with van der Waals surface area (Å²) in [6.45, 7) is 2.06. The molecule has 0 aliphatic carbocycles. The van der Waals surface area contributed by atoms with Crippen LogP contribution in [0, 0.1) is 6.92 Å². The lowest BCUT2D eigenvalue weighted by Gasteiger charge is -2.12. The molecule has 0 aliphatic rings. The van der Waals surface area contributed by atoms with Crippen molar-refractivity contribution in [1.82, 2.24) is 0 Å². The SMILES string of the molecule is Cc1ccccc1Oc1ccc(-c2ccccc2Pc2ccccc2)cc1. The van der Waals surface area contributed by atoms with Crippen molar-refractivity contribution in [2.24, 2.45) is 0 Å². The second kappa shape index (κ2) is 8.20. The largest absolute Gasteiger partial charge is 0.457 e. The molecule has 2 heteroatoms. The van der Waals surface area contributed by atoms with Crippen LogP contribution in [0.5, 0.6) is 11.5 Å². The lowest BCUT2D eigenvalue weighted by molar-refractivity contribution is 0.479. The highest BCUT2D eigenvalue weighted by Gasteiger charge is 2.07. The molecule has 0 saturated carbocycles. The molecule has 0 saturated heterocycles. The molecule has 1 nitrogen and oxygen atoms in total. The molecule has 0 spiro atoms. The minimum absolute atomic E-state index is 0.643. The van der Waals surface area contributed by atoms with Gasteiger partial charge in [0, 0.05) is 0 Å². The van der Waals surface area contributed by atoms with E-state index in [1.54, 1.807) is 0 Å². The van der Waals surface area contributed by atoms with E-state index in [1.807, 2.05) is 30.3 Å². The number of para-hydroxylation sites is 1. The van der Waals surface area contributed by atoms with E-state index in [1.165, 1.54) is 21.7 Å². The predicted molar refractivity (Wildman–Crippen MR) is 117 cm³/mol. The second-order valence-electron chi connectivity index (χ2n) is 6.43. The Bertz CT molecular complexity index is 1020. The van der Waals surface area contributed by atoms with Crippen molar-refractivity contribution in [3.63, 3.8) is 0 Å². The fourth-order valence-electron chi connectivity index (χ4n) is 3.02. The van der Waals surface area contributed by atoms with E-state index in [9.17, 15) is 0 Å². The monoisotopic (exact) mass is 368 g/mol. The summed E-state index contributed by atoms with van der Waals surface area (Å²) in [6.07, 6.45) is 0. The van der Waals surface area contributed by atoms with E-state index in [2.05, 4.69) is 79.7 Å². The van der Waals surface area contributed by atoms with Gasteiger partial charge in [-0.1, -0.05) is 93.5 Å². The third-order valence-electron chi connectivity index (χ3n) is 4.47. The average molecular weight is 368 g/mol. The number of hydrogen-bond donors (Lipinski definition) is 0. The van der Waals surface area contributed by atoms with Crippen molar-refractivity contribution in [2.75, 3.05) is 0 Å². The third kappa shape index (κ3) is 4.27. The van der Waals surface area contributed by atoms with E-state index in [0.717, 1.165) is 17.1 Å². The Balaban J connectivity index is 1.58. The summed E-state index contributed by atoms with van der Waals surface area (Å²) in [6, 6.07) is 35.7. The third-order valence-corrected chi connectivity index (χ3v) is 5.79. The maximum absolute atomic E-state index is 6.03. The van der Waals surface area contributed by atoms with E-state index >= 15 is 0 Å². The van der Waals surface area contributed by atoms with E-state index in [4.69, 9.17) is 4.74 Å². The molecule has 0 heterocycles. The Kier molecular flexibility index (Phi) is 5.32. The Morgan fingerprint density at radius 2 is 1.30 bits per heavy atom. The van der Waals surface area contributed by atoms with Gasteiger partial charge in [0.25, 0.3) is 0 Å². The van der Waals surface area contributed by atoms with Crippen molar-refractivity contribution in [3.05, 3.63) is 109 Å². The molecule has 4 aromatic carbocycles. The van der Waals surface area contributed by atoms with E-state index < -0.39 is 0 Å². The van der Waals surface area contributed by atoms with Crippen LogP contribution in [0.1, 0.15) is 5.56 Å². The fraction of sp³-hybridized carbons (Fsp3) is 0.0400. The first kappa shape index (κ1) is 17.5. The minimum atomic E-state index is 0.643. The zero-order valence-electron chi connectivity index (χ0n) is 15.2. The molecular formula is C25H21OP. The topological polar surface area (TPSA) is 9.23 Å².